The predicted octanol–water partition coefficient (Wildman–Crippen LogP) is 2.52. The Balaban J connectivity index is 3.34. The first-order chi connectivity index (χ1) is 7.74. The minimum absolute atomic E-state index is 0.400. The van der Waals surface area contributed by atoms with E-state index in [1.54, 1.807) is 0 Å². The third-order valence-corrected chi connectivity index (χ3v) is 2.20. The molecule has 1 aromatic heterocycles. The highest BCUT2D eigenvalue weighted by atomic mass is 79.9. The number of nitro groups is 1. The first kappa shape index (κ1) is 13.2. The molecule has 0 aliphatic carbocycles. The van der Waals surface area contributed by atoms with Gasteiger partial charge in [0.05, 0.1) is 6.07 Å². The van der Waals surface area contributed by atoms with Crippen molar-refractivity contribution in [2.24, 2.45) is 0 Å². The van der Waals surface area contributed by atoms with Gasteiger partial charge in [0.1, 0.15) is 10.5 Å². The van der Waals surface area contributed by atoms with Crippen LogP contribution in [0.25, 0.3) is 0 Å². The molecule has 0 saturated carbocycles. The number of nitriles is 1. The Morgan fingerprint density at radius 3 is 2.59 bits per heavy atom. The van der Waals surface area contributed by atoms with Gasteiger partial charge in [0, 0.05) is 0 Å². The molecule has 0 fully saturated rings. The smallest absolute Gasteiger partial charge is 0.404 e. The molecular weight excluding hydrogens is 311 g/mol. The minimum atomic E-state index is -5.02. The Kier molecular flexibility index (Phi) is 3.52. The molecule has 6 nitrogen and oxygen atoms in total. The van der Waals surface area contributed by atoms with Crippen molar-refractivity contribution in [3.63, 3.8) is 0 Å². The van der Waals surface area contributed by atoms with E-state index in [0.29, 0.717) is 6.07 Å². The Morgan fingerprint density at radius 1 is 1.59 bits per heavy atom. The number of rotatable bonds is 2. The molecule has 0 saturated heterocycles. The summed E-state index contributed by atoms with van der Waals surface area (Å²) in [5.74, 6) is -1.81. The molecule has 1 heterocycles. The summed E-state index contributed by atoms with van der Waals surface area (Å²) in [5.41, 5.74) is -0.571. The van der Waals surface area contributed by atoms with E-state index in [1.165, 1.54) is 6.07 Å². The van der Waals surface area contributed by atoms with Crippen molar-refractivity contribution >= 4 is 21.7 Å². The van der Waals surface area contributed by atoms with Gasteiger partial charge in [0.15, 0.2) is 5.75 Å². The van der Waals surface area contributed by atoms with Gasteiger partial charge < -0.3 is 14.9 Å². The first-order valence-electron chi connectivity index (χ1n) is 3.75. The largest absolute Gasteiger partial charge is 0.573 e. The summed E-state index contributed by atoms with van der Waals surface area (Å²) in [5, 5.41) is 18.9. The molecule has 0 amide bonds. The quantitative estimate of drug-likeness (QED) is 0.618. The second kappa shape index (κ2) is 4.54. The topological polar surface area (TPSA) is 89.0 Å². The lowest BCUT2D eigenvalue weighted by atomic mass is 10.3. The number of hydrogen-bond acceptors (Lipinski definition) is 5. The number of pyridine rings is 1. The molecule has 0 atom stereocenters. The van der Waals surface area contributed by atoms with Crippen molar-refractivity contribution in [3.8, 4) is 11.8 Å². The maximum atomic E-state index is 12.0. The second-order valence-corrected chi connectivity index (χ2v) is 3.35. The van der Waals surface area contributed by atoms with Crippen LogP contribution in [0.15, 0.2) is 10.5 Å². The summed E-state index contributed by atoms with van der Waals surface area (Å²) < 4.78 is 39.0. The van der Waals surface area contributed by atoms with Gasteiger partial charge in [0.2, 0.25) is 0 Å². The fraction of sp³-hybridized carbons (Fsp3) is 0.143. The monoisotopic (exact) mass is 311 g/mol. The number of alkyl halides is 3. The zero-order valence-electron chi connectivity index (χ0n) is 7.66. The van der Waals surface area contributed by atoms with Crippen molar-refractivity contribution in [1.29, 1.82) is 5.26 Å². The number of aromatic nitrogens is 1. The number of ether oxygens (including phenoxy) is 1. The summed E-state index contributed by atoms with van der Waals surface area (Å²) >= 11 is 2.64. The number of hydrogen-bond donors (Lipinski definition) is 0. The SMILES string of the molecule is N#Cc1nc([N+](=O)[O-])cc(OC(F)(F)F)c1Br. The molecule has 10 heteroatoms. The summed E-state index contributed by atoms with van der Waals surface area (Å²) in [6.07, 6.45) is -5.02. The maximum absolute atomic E-state index is 12.0. The fourth-order valence-electron chi connectivity index (χ4n) is 0.860. The third kappa shape index (κ3) is 3.28. The van der Waals surface area contributed by atoms with E-state index in [0.717, 1.165) is 0 Å². The van der Waals surface area contributed by atoms with Crippen LogP contribution in [0.5, 0.6) is 5.75 Å². The maximum Gasteiger partial charge on any atom is 0.573 e. The van der Waals surface area contributed by atoms with E-state index in [-0.39, 0.29) is 0 Å². The van der Waals surface area contributed by atoms with Crippen molar-refractivity contribution < 1.29 is 22.8 Å². The summed E-state index contributed by atoms with van der Waals surface area (Å²) in [6, 6.07) is 1.88. The van der Waals surface area contributed by atoms with E-state index in [4.69, 9.17) is 5.26 Å². The van der Waals surface area contributed by atoms with E-state index in [1.807, 2.05) is 0 Å². The van der Waals surface area contributed by atoms with Crippen LogP contribution in [-0.2, 0) is 0 Å². The van der Waals surface area contributed by atoms with E-state index < -0.39 is 33.0 Å². The normalized spacial score (nSPS) is 10.8. The Bertz CT molecular complexity index is 512. The lowest BCUT2D eigenvalue weighted by molar-refractivity contribution is -0.389. The zero-order valence-corrected chi connectivity index (χ0v) is 9.24. The molecule has 0 N–H and O–H groups in total. The third-order valence-electron chi connectivity index (χ3n) is 1.43. The predicted molar refractivity (Wildman–Crippen MR) is 50.0 cm³/mol. The molecular formula is C7HBrF3N3O3. The van der Waals surface area contributed by atoms with E-state index in [9.17, 15) is 23.3 Å². The number of halogens is 4. The minimum Gasteiger partial charge on any atom is -0.404 e. The van der Waals surface area contributed by atoms with Crippen LogP contribution in [0.1, 0.15) is 5.69 Å². The van der Waals surface area contributed by atoms with Crippen LogP contribution in [0.3, 0.4) is 0 Å². The van der Waals surface area contributed by atoms with Crippen molar-refractivity contribution in [2.75, 3.05) is 0 Å². The Hall–Kier alpha value is -1.89. The Labute approximate surface area is 99.9 Å². The van der Waals surface area contributed by atoms with Gasteiger partial charge >= 0.3 is 12.2 Å². The molecule has 0 aliphatic heterocycles. The van der Waals surface area contributed by atoms with E-state index in [2.05, 4.69) is 25.7 Å². The van der Waals surface area contributed by atoms with Crippen LogP contribution in [0, 0.1) is 21.4 Å². The first-order valence-corrected chi connectivity index (χ1v) is 4.54. The van der Waals surface area contributed by atoms with Gasteiger partial charge in [-0.2, -0.15) is 5.26 Å². The average Bonchev–Trinajstić information content (AvgIpc) is 2.18. The van der Waals surface area contributed by atoms with Crippen LogP contribution in [0.4, 0.5) is 19.0 Å². The van der Waals surface area contributed by atoms with Gasteiger partial charge in [-0.3, -0.25) is 0 Å². The van der Waals surface area contributed by atoms with E-state index >= 15 is 0 Å². The summed E-state index contributed by atoms with van der Waals surface area (Å²) in [4.78, 5) is 12.6. The second-order valence-electron chi connectivity index (χ2n) is 2.56. The molecule has 0 aliphatic rings. The van der Waals surface area contributed by atoms with Crippen molar-refractivity contribution in [1.82, 2.24) is 4.98 Å². The zero-order chi connectivity index (χ0) is 13.2. The highest BCUT2D eigenvalue weighted by Crippen LogP contribution is 2.34. The molecule has 0 bridgehead atoms. The number of nitrogens with zero attached hydrogens (tertiary/aromatic N) is 3. The van der Waals surface area contributed by atoms with Gasteiger partial charge in [-0.1, -0.05) is 0 Å². The van der Waals surface area contributed by atoms with Gasteiger partial charge in [-0.05, 0) is 25.8 Å². The molecule has 0 unspecified atom stereocenters. The molecule has 17 heavy (non-hydrogen) atoms. The van der Waals surface area contributed by atoms with Crippen LogP contribution < -0.4 is 4.74 Å². The van der Waals surface area contributed by atoms with Crippen molar-refractivity contribution in [2.45, 2.75) is 6.36 Å². The van der Waals surface area contributed by atoms with Crippen LogP contribution in [-0.4, -0.2) is 16.3 Å². The molecule has 0 aromatic carbocycles. The van der Waals surface area contributed by atoms with Gasteiger partial charge in [0.25, 0.3) is 5.69 Å². The Morgan fingerprint density at radius 2 is 2.18 bits per heavy atom. The molecule has 0 spiro atoms. The summed E-state index contributed by atoms with van der Waals surface area (Å²) in [6.45, 7) is 0. The molecule has 1 rings (SSSR count). The average molecular weight is 312 g/mol. The summed E-state index contributed by atoms with van der Waals surface area (Å²) in [7, 11) is 0. The standard InChI is InChI=1S/C7HBrF3N3O3/c8-6-3(2-12)13-5(14(15)16)1-4(6)17-7(9,10)11/h1H. The highest BCUT2D eigenvalue weighted by molar-refractivity contribution is 9.10. The van der Waals surface area contributed by atoms with Gasteiger partial charge in [-0.15, -0.1) is 13.2 Å². The lowest BCUT2D eigenvalue weighted by Gasteiger charge is -2.09. The van der Waals surface area contributed by atoms with Crippen LogP contribution in [0.2, 0.25) is 0 Å². The lowest BCUT2D eigenvalue weighted by Crippen LogP contribution is -2.18. The van der Waals surface area contributed by atoms with Crippen LogP contribution >= 0.6 is 15.9 Å². The fourth-order valence-corrected chi connectivity index (χ4v) is 1.23. The van der Waals surface area contributed by atoms with Gasteiger partial charge in [-0.25, -0.2) is 0 Å². The molecule has 1 aromatic rings. The van der Waals surface area contributed by atoms with Crippen molar-refractivity contribution in [3.05, 3.63) is 26.3 Å². The molecule has 0 radical (unpaired) electrons. The molecule has 90 valence electrons. The highest BCUT2D eigenvalue weighted by Gasteiger charge is 2.34.